The fraction of sp³-hybridized carbons (Fsp3) is 0.176. The number of furan rings is 1. The van der Waals surface area contributed by atoms with Crippen molar-refractivity contribution in [3.8, 4) is 0 Å². The first kappa shape index (κ1) is 17.3. The van der Waals surface area contributed by atoms with Crippen LogP contribution in [0, 0.1) is 6.92 Å². The van der Waals surface area contributed by atoms with Crippen LogP contribution in [0.25, 0.3) is 0 Å². The van der Waals surface area contributed by atoms with Gasteiger partial charge in [0.1, 0.15) is 5.76 Å². The van der Waals surface area contributed by atoms with Gasteiger partial charge in [-0.3, -0.25) is 14.5 Å². The molecule has 0 aliphatic carbocycles. The van der Waals surface area contributed by atoms with Crippen molar-refractivity contribution < 1.29 is 27.2 Å². The van der Waals surface area contributed by atoms with Crippen LogP contribution in [0.1, 0.15) is 26.5 Å². The van der Waals surface area contributed by atoms with Gasteiger partial charge in [0.05, 0.1) is 28.8 Å². The molecule has 2 heterocycles. The second kappa shape index (κ2) is 6.44. The van der Waals surface area contributed by atoms with Crippen molar-refractivity contribution in [3.63, 3.8) is 0 Å². The van der Waals surface area contributed by atoms with Crippen molar-refractivity contribution in [2.24, 2.45) is 0 Å². The Kier molecular flexibility index (Phi) is 4.47. The number of thioether (sulfide) groups is 1. The molecule has 0 radical (unpaired) electrons. The number of amides is 2. The number of hydrogen-bond donors (Lipinski definition) is 0. The molecule has 1 aromatic heterocycles. The van der Waals surface area contributed by atoms with Crippen molar-refractivity contribution >= 4 is 23.6 Å². The number of aryl methyl sites for hydroxylation is 1. The summed E-state index contributed by atoms with van der Waals surface area (Å²) in [5.41, 5.74) is 0.355. The molecule has 0 spiro atoms. The van der Waals surface area contributed by atoms with E-state index in [4.69, 9.17) is 4.42 Å². The second-order valence-electron chi connectivity index (χ2n) is 5.28. The van der Waals surface area contributed by atoms with Crippen molar-refractivity contribution in [2.45, 2.75) is 17.1 Å². The van der Waals surface area contributed by atoms with E-state index in [1.807, 2.05) is 0 Å². The van der Waals surface area contributed by atoms with E-state index in [0.29, 0.717) is 6.08 Å². The van der Waals surface area contributed by atoms with Gasteiger partial charge in [0, 0.05) is 0 Å². The van der Waals surface area contributed by atoms with Crippen LogP contribution in [0.4, 0.5) is 13.2 Å². The van der Waals surface area contributed by atoms with E-state index in [1.54, 1.807) is 12.1 Å². The van der Waals surface area contributed by atoms with Gasteiger partial charge >= 0.3 is 5.25 Å². The maximum atomic E-state index is 14.0. The quantitative estimate of drug-likeness (QED) is 0.580. The highest BCUT2D eigenvalue weighted by Gasteiger charge is 2.39. The average molecular weight is 367 g/mol. The molecule has 0 atom stereocenters. The molecule has 8 heteroatoms. The lowest BCUT2D eigenvalue weighted by Gasteiger charge is -2.15. The minimum atomic E-state index is -3.84. The van der Waals surface area contributed by atoms with Crippen LogP contribution in [0.3, 0.4) is 0 Å². The summed E-state index contributed by atoms with van der Waals surface area (Å²) in [5.74, 6) is -2.75. The highest BCUT2D eigenvalue weighted by Crippen LogP contribution is 2.43. The lowest BCUT2D eigenvalue weighted by Crippen LogP contribution is -2.30. The van der Waals surface area contributed by atoms with E-state index in [0.717, 1.165) is 4.90 Å². The lowest BCUT2D eigenvalue weighted by atomic mass is 10.1. The largest absolute Gasteiger partial charge is 0.468 e. The zero-order valence-electron chi connectivity index (χ0n) is 13.0. The summed E-state index contributed by atoms with van der Waals surface area (Å²) >= 11 is -0.0000440. The number of halogens is 3. The Labute approximate surface area is 145 Å². The number of carbonyl (C=O) groups is 2. The zero-order valence-corrected chi connectivity index (χ0v) is 13.8. The molecule has 0 N–H and O–H groups in total. The molecular formula is C17H12F3NO3S. The van der Waals surface area contributed by atoms with Gasteiger partial charge in [-0.1, -0.05) is 12.1 Å². The van der Waals surface area contributed by atoms with Gasteiger partial charge in [-0.05, 0) is 43.0 Å². The third-order valence-corrected chi connectivity index (χ3v) is 4.75. The smallest absolute Gasteiger partial charge is 0.349 e. The van der Waals surface area contributed by atoms with Crippen LogP contribution in [-0.4, -0.2) is 28.5 Å². The minimum absolute atomic E-state index is 0.0000440. The van der Waals surface area contributed by atoms with Crippen molar-refractivity contribution in [1.29, 1.82) is 0 Å². The second-order valence-corrected chi connectivity index (χ2v) is 6.44. The highest BCUT2D eigenvalue weighted by molar-refractivity contribution is 8.00. The van der Waals surface area contributed by atoms with E-state index in [-0.39, 0.29) is 33.5 Å². The van der Waals surface area contributed by atoms with E-state index in [9.17, 15) is 22.8 Å². The van der Waals surface area contributed by atoms with Crippen LogP contribution in [-0.2, 0) is 0 Å². The molecule has 1 aromatic carbocycles. The summed E-state index contributed by atoms with van der Waals surface area (Å²) in [5, 5.41) is -3.84. The van der Waals surface area contributed by atoms with Crippen LogP contribution >= 0.6 is 11.8 Å². The van der Waals surface area contributed by atoms with Crippen LogP contribution in [0.2, 0.25) is 0 Å². The van der Waals surface area contributed by atoms with Gasteiger partial charge in [0.15, 0.2) is 5.83 Å². The fourth-order valence-corrected chi connectivity index (χ4v) is 3.13. The number of benzene rings is 1. The van der Waals surface area contributed by atoms with Crippen molar-refractivity contribution in [3.05, 3.63) is 65.4 Å². The summed E-state index contributed by atoms with van der Waals surface area (Å²) in [6.07, 6.45) is 1.78. The summed E-state index contributed by atoms with van der Waals surface area (Å²) in [4.78, 5) is 25.1. The highest BCUT2D eigenvalue weighted by atomic mass is 32.2. The number of alkyl halides is 2. The predicted molar refractivity (Wildman–Crippen MR) is 85.2 cm³/mol. The van der Waals surface area contributed by atoms with Gasteiger partial charge in [0.25, 0.3) is 11.8 Å². The molecule has 130 valence electrons. The normalized spacial score (nSPS) is 15.0. The van der Waals surface area contributed by atoms with Crippen molar-refractivity contribution in [1.82, 2.24) is 4.90 Å². The Hall–Kier alpha value is -2.48. The summed E-state index contributed by atoms with van der Waals surface area (Å²) in [6, 6.07) is 7.40. The molecule has 3 rings (SSSR count). The molecule has 4 nitrogen and oxygen atoms in total. The molecule has 1 aliphatic heterocycles. The van der Waals surface area contributed by atoms with Crippen LogP contribution in [0.5, 0.6) is 0 Å². The fourth-order valence-electron chi connectivity index (χ4n) is 2.36. The van der Waals surface area contributed by atoms with E-state index < -0.39 is 29.4 Å². The van der Waals surface area contributed by atoms with E-state index >= 15 is 0 Å². The number of rotatable bonds is 5. The molecule has 0 bridgehead atoms. The van der Waals surface area contributed by atoms with Crippen LogP contribution < -0.4 is 0 Å². The number of nitrogens with zero attached hydrogens (tertiary/aromatic N) is 1. The van der Waals surface area contributed by atoms with Gasteiger partial charge in [-0.2, -0.15) is 8.78 Å². The molecule has 1 aliphatic rings. The summed E-state index contributed by atoms with van der Waals surface area (Å²) in [7, 11) is 0. The predicted octanol–water partition coefficient (Wildman–Crippen LogP) is 4.42. The minimum Gasteiger partial charge on any atom is -0.468 e. The average Bonchev–Trinajstić information content (AvgIpc) is 3.08. The van der Waals surface area contributed by atoms with Crippen LogP contribution in [0.15, 0.2) is 57.8 Å². The van der Waals surface area contributed by atoms with E-state index in [1.165, 1.54) is 31.4 Å². The van der Waals surface area contributed by atoms with Gasteiger partial charge < -0.3 is 4.42 Å². The molecule has 0 saturated heterocycles. The first-order valence-corrected chi connectivity index (χ1v) is 8.05. The zero-order chi connectivity index (χ0) is 18.2. The monoisotopic (exact) mass is 367 g/mol. The summed E-state index contributed by atoms with van der Waals surface area (Å²) in [6.45, 7) is 0.914. The van der Waals surface area contributed by atoms with Gasteiger partial charge in [0.2, 0.25) is 0 Å². The first-order chi connectivity index (χ1) is 11.8. The van der Waals surface area contributed by atoms with E-state index in [2.05, 4.69) is 0 Å². The molecule has 0 unspecified atom stereocenters. The number of hydrogen-bond acceptors (Lipinski definition) is 4. The molecule has 2 amide bonds. The molecular weight excluding hydrogens is 355 g/mol. The summed E-state index contributed by atoms with van der Waals surface area (Å²) < 4.78 is 46.8. The standard InChI is InChI=1S/C17H12F3NO3S/c1-10-13(7-9-24-10)25-17(19,20)14(18)6-8-21-15(22)11-4-2-3-5-12(11)16(21)23/h2-7,9H,8H2,1H3. The molecule has 0 fully saturated rings. The molecule has 0 saturated carbocycles. The maximum absolute atomic E-state index is 14.0. The number of carbonyl (C=O) groups excluding carboxylic acids is 2. The van der Waals surface area contributed by atoms with Gasteiger partial charge in [-0.15, -0.1) is 0 Å². The maximum Gasteiger partial charge on any atom is 0.349 e. The Bertz CT molecular complexity index is 841. The Balaban J connectivity index is 1.74. The number of fused-ring (bicyclic) bond motifs is 1. The third-order valence-electron chi connectivity index (χ3n) is 3.66. The first-order valence-electron chi connectivity index (χ1n) is 7.23. The SMILES string of the molecule is Cc1occc1SC(F)(F)C(F)=CCN1C(=O)c2ccccc2C1=O. The lowest BCUT2D eigenvalue weighted by molar-refractivity contribution is 0.0667. The number of imide groups is 1. The Morgan fingerprint density at radius 2 is 1.80 bits per heavy atom. The Morgan fingerprint density at radius 3 is 2.32 bits per heavy atom. The van der Waals surface area contributed by atoms with Gasteiger partial charge in [-0.25, -0.2) is 4.39 Å². The van der Waals surface area contributed by atoms with Crippen molar-refractivity contribution in [2.75, 3.05) is 6.54 Å². The molecule has 25 heavy (non-hydrogen) atoms. The topological polar surface area (TPSA) is 50.5 Å². The third kappa shape index (κ3) is 3.21. The Morgan fingerprint density at radius 1 is 1.20 bits per heavy atom. The molecule has 2 aromatic rings.